The molecule has 13 heteroatoms. The van der Waals surface area contributed by atoms with E-state index in [9.17, 15) is 30.6 Å². The van der Waals surface area contributed by atoms with E-state index in [1.54, 1.807) is 0 Å². The summed E-state index contributed by atoms with van der Waals surface area (Å²) in [6.07, 6.45) is 2.51. The van der Waals surface area contributed by atoms with Gasteiger partial charge in [-0.15, -0.1) is 0 Å². The van der Waals surface area contributed by atoms with Crippen molar-refractivity contribution in [2.45, 2.75) is 0 Å². The first kappa shape index (κ1) is 20.8. The van der Waals surface area contributed by atoms with Gasteiger partial charge >= 0.3 is 0 Å². The summed E-state index contributed by atoms with van der Waals surface area (Å²) in [5.74, 6) is -3.02. The molecule has 13 nitrogen and oxygen atoms in total. The minimum absolute atomic E-state index is 0.0993. The quantitative estimate of drug-likeness (QED) is 0.154. The molecule has 0 aliphatic carbocycles. The Balaban J connectivity index is 1.69. The molecule has 0 fully saturated rings. The van der Waals surface area contributed by atoms with Gasteiger partial charge in [-0.2, -0.15) is 20.2 Å². The number of hydrogen-bond acceptors (Lipinski definition) is 13. The first-order valence-electron chi connectivity index (χ1n) is 8.45. The van der Waals surface area contributed by atoms with Crippen LogP contribution in [-0.2, 0) is 0 Å². The first-order valence-corrected chi connectivity index (χ1v) is 8.45. The maximum absolute atomic E-state index is 9.49. The molecule has 0 aliphatic rings. The van der Waals surface area contributed by atoms with E-state index in [2.05, 4.69) is 31.0 Å². The molecule has 0 amide bonds. The zero-order chi connectivity index (χ0) is 22.5. The second-order valence-corrected chi connectivity index (χ2v) is 6.05. The highest BCUT2D eigenvalue weighted by Crippen LogP contribution is 2.35. The number of aromatic nitrogens is 2. The topological polar surface area (TPSA) is 222 Å². The molecule has 0 aliphatic heterocycles. The van der Waals surface area contributed by atoms with Crippen LogP contribution in [0.3, 0.4) is 0 Å². The van der Waals surface area contributed by atoms with E-state index in [0.717, 1.165) is 0 Å². The number of nitrogen functional groups attached to an aromatic ring is 1. The van der Waals surface area contributed by atoms with Crippen molar-refractivity contribution in [3.8, 4) is 34.5 Å². The zero-order valence-corrected chi connectivity index (χ0v) is 15.6. The Morgan fingerprint density at radius 1 is 0.645 bits per heavy atom. The number of benzene rings is 2. The van der Waals surface area contributed by atoms with Crippen LogP contribution in [0.2, 0.25) is 0 Å². The van der Waals surface area contributed by atoms with Crippen LogP contribution in [0, 0.1) is 0 Å². The maximum Gasteiger partial charge on any atom is 0.224 e. The van der Waals surface area contributed by atoms with Crippen molar-refractivity contribution in [2.24, 2.45) is 10.2 Å². The maximum atomic E-state index is 9.49. The van der Waals surface area contributed by atoms with E-state index in [4.69, 9.17) is 5.73 Å². The number of nitrogens with two attached hydrogens (primary N) is 1. The fourth-order valence-electron chi connectivity index (χ4n) is 2.33. The largest absolute Gasteiger partial charge is 0.504 e. The molecular formula is C18H17N7O6. The SMILES string of the molecule is Nc1nc(N/N=C/c2cc(O)c(O)c(O)c2)cc(N/N=C/c2cc(O)c(O)c(O)c2)n1. The average Bonchev–Trinajstić information content (AvgIpc) is 2.70. The van der Waals surface area contributed by atoms with Gasteiger partial charge in [-0.25, -0.2) is 0 Å². The van der Waals surface area contributed by atoms with E-state index in [1.807, 2.05) is 0 Å². The van der Waals surface area contributed by atoms with Gasteiger partial charge in [0.15, 0.2) is 46.1 Å². The summed E-state index contributed by atoms with van der Waals surface area (Å²) in [5.41, 5.74) is 11.4. The van der Waals surface area contributed by atoms with E-state index >= 15 is 0 Å². The van der Waals surface area contributed by atoms with Gasteiger partial charge in [-0.05, 0) is 24.3 Å². The molecule has 10 N–H and O–H groups in total. The van der Waals surface area contributed by atoms with E-state index in [0.29, 0.717) is 11.1 Å². The van der Waals surface area contributed by atoms with E-state index in [1.165, 1.54) is 42.8 Å². The van der Waals surface area contributed by atoms with Crippen LogP contribution >= 0.6 is 0 Å². The Hall–Kier alpha value is -4.94. The monoisotopic (exact) mass is 427 g/mol. The average molecular weight is 427 g/mol. The van der Waals surface area contributed by atoms with E-state index < -0.39 is 34.5 Å². The number of nitrogens with one attached hydrogen (secondary N) is 2. The minimum Gasteiger partial charge on any atom is -0.504 e. The molecule has 0 unspecified atom stereocenters. The van der Waals surface area contributed by atoms with Gasteiger partial charge in [0.2, 0.25) is 5.95 Å². The molecule has 3 aromatic rings. The Morgan fingerprint density at radius 2 is 1.00 bits per heavy atom. The summed E-state index contributed by atoms with van der Waals surface area (Å²) >= 11 is 0. The molecule has 0 spiro atoms. The Bertz CT molecular complexity index is 1050. The van der Waals surface area contributed by atoms with Gasteiger partial charge in [-0.3, -0.25) is 10.9 Å². The van der Waals surface area contributed by atoms with Crippen LogP contribution < -0.4 is 16.6 Å². The molecule has 3 rings (SSSR count). The van der Waals surface area contributed by atoms with Crippen molar-refractivity contribution in [3.63, 3.8) is 0 Å². The van der Waals surface area contributed by atoms with Crippen molar-refractivity contribution in [2.75, 3.05) is 16.6 Å². The summed E-state index contributed by atoms with van der Waals surface area (Å²) in [4.78, 5) is 7.86. The standard InChI is InChI=1S/C18H17N7O6/c19-18-22-14(24-20-6-8-1-10(26)16(30)11(27)2-8)5-15(23-18)25-21-7-9-3-12(28)17(31)13(29)4-9/h1-7,26-31H,(H4,19,22,23,24,25)/b20-6+,21-7+. The molecular weight excluding hydrogens is 410 g/mol. The van der Waals surface area contributed by atoms with Gasteiger partial charge in [0.25, 0.3) is 0 Å². The summed E-state index contributed by atoms with van der Waals surface area (Å²) in [6, 6.07) is 6.18. The van der Waals surface area contributed by atoms with Gasteiger partial charge < -0.3 is 36.4 Å². The fourth-order valence-corrected chi connectivity index (χ4v) is 2.33. The number of aromatic hydroxyl groups is 6. The molecule has 1 heterocycles. The van der Waals surface area contributed by atoms with Crippen LogP contribution in [-0.4, -0.2) is 53.0 Å². The van der Waals surface area contributed by atoms with Crippen molar-refractivity contribution in [1.29, 1.82) is 0 Å². The summed E-state index contributed by atoms with van der Waals surface area (Å²) in [5, 5.41) is 64.4. The van der Waals surface area contributed by atoms with Crippen molar-refractivity contribution < 1.29 is 30.6 Å². The van der Waals surface area contributed by atoms with Crippen LogP contribution in [0.25, 0.3) is 0 Å². The number of phenolic OH excluding ortho intramolecular Hbond substituents is 6. The summed E-state index contributed by atoms with van der Waals surface area (Å²) < 4.78 is 0. The summed E-state index contributed by atoms with van der Waals surface area (Å²) in [6.45, 7) is 0. The smallest absolute Gasteiger partial charge is 0.224 e. The Morgan fingerprint density at radius 3 is 1.35 bits per heavy atom. The van der Waals surface area contributed by atoms with Gasteiger partial charge in [0.1, 0.15) is 0 Å². The lowest BCUT2D eigenvalue weighted by Crippen LogP contribution is -2.03. The molecule has 0 saturated carbocycles. The second kappa shape index (κ2) is 8.60. The predicted octanol–water partition coefficient (Wildman–Crippen LogP) is 1.18. The molecule has 2 aromatic carbocycles. The number of rotatable bonds is 6. The van der Waals surface area contributed by atoms with Gasteiger partial charge in [0, 0.05) is 17.2 Å². The van der Waals surface area contributed by atoms with Crippen molar-refractivity contribution in [3.05, 3.63) is 41.5 Å². The number of nitrogens with zero attached hydrogens (tertiary/aromatic N) is 4. The van der Waals surface area contributed by atoms with Crippen molar-refractivity contribution in [1.82, 2.24) is 9.97 Å². The normalized spacial score (nSPS) is 11.2. The van der Waals surface area contributed by atoms with Gasteiger partial charge in [-0.1, -0.05) is 0 Å². The number of hydrogen-bond donors (Lipinski definition) is 9. The molecule has 160 valence electrons. The zero-order valence-electron chi connectivity index (χ0n) is 15.6. The van der Waals surface area contributed by atoms with Crippen LogP contribution in [0.4, 0.5) is 17.6 Å². The number of anilines is 3. The fraction of sp³-hybridized carbons (Fsp3) is 0. The highest BCUT2D eigenvalue weighted by atomic mass is 16.3. The Labute approximate surface area is 174 Å². The highest BCUT2D eigenvalue weighted by molar-refractivity contribution is 5.83. The number of hydrazone groups is 2. The predicted molar refractivity (Wildman–Crippen MR) is 112 cm³/mol. The lowest BCUT2D eigenvalue weighted by molar-refractivity contribution is 0.368. The molecule has 0 atom stereocenters. The van der Waals surface area contributed by atoms with E-state index in [-0.39, 0.29) is 17.6 Å². The molecule has 0 saturated heterocycles. The third-order valence-electron chi connectivity index (χ3n) is 3.71. The Kier molecular flexibility index (Phi) is 5.77. The number of phenols is 6. The van der Waals surface area contributed by atoms with Crippen molar-refractivity contribution >= 4 is 30.0 Å². The lowest BCUT2D eigenvalue weighted by Gasteiger charge is -2.05. The van der Waals surface area contributed by atoms with Crippen LogP contribution in [0.15, 0.2) is 40.5 Å². The van der Waals surface area contributed by atoms with Gasteiger partial charge in [0.05, 0.1) is 12.4 Å². The molecule has 31 heavy (non-hydrogen) atoms. The molecule has 0 bridgehead atoms. The molecule has 1 aromatic heterocycles. The molecule has 0 radical (unpaired) electrons. The minimum atomic E-state index is -0.636. The lowest BCUT2D eigenvalue weighted by atomic mass is 10.2. The van der Waals surface area contributed by atoms with Crippen LogP contribution in [0.5, 0.6) is 34.5 Å². The second-order valence-electron chi connectivity index (χ2n) is 6.05. The first-order chi connectivity index (χ1) is 14.7. The summed E-state index contributed by atoms with van der Waals surface area (Å²) in [7, 11) is 0. The third kappa shape index (κ3) is 5.11. The van der Waals surface area contributed by atoms with Crippen LogP contribution in [0.1, 0.15) is 11.1 Å². The highest BCUT2D eigenvalue weighted by Gasteiger charge is 2.08. The third-order valence-corrected chi connectivity index (χ3v) is 3.71.